The van der Waals surface area contributed by atoms with Crippen LogP contribution in [0.25, 0.3) is 0 Å². The summed E-state index contributed by atoms with van der Waals surface area (Å²) in [4.78, 5) is 0. The second-order valence-corrected chi connectivity index (χ2v) is 4.37. The topological polar surface area (TPSA) is 41.6 Å². The van der Waals surface area contributed by atoms with E-state index in [9.17, 15) is 0 Å². The van der Waals surface area contributed by atoms with E-state index in [2.05, 4.69) is 18.6 Å². The third kappa shape index (κ3) is 3.81. The fourth-order valence-electron chi connectivity index (χ4n) is 0.828. The van der Waals surface area contributed by atoms with Gasteiger partial charge in [0.2, 0.25) is 0 Å². The molecular weight excluding hydrogens is 174 g/mol. The third-order valence-electron chi connectivity index (χ3n) is 2.07. The van der Waals surface area contributed by atoms with Gasteiger partial charge in [-0.05, 0) is 13.3 Å². The van der Waals surface area contributed by atoms with Crippen molar-refractivity contribution < 1.29 is 0 Å². The minimum absolute atomic E-state index is 0.0819. The summed E-state index contributed by atoms with van der Waals surface area (Å²) in [6.07, 6.45) is 0.898. The molecule has 3 nitrogen and oxygen atoms in total. The van der Waals surface area contributed by atoms with Gasteiger partial charge in [-0.3, -0.25) is 5.01 Å². The van der Waals surface area contributed by atoms with Crippen molar-refractivity contribution in [1.82, 2.24) is 5.01 Å². The molecule has 82 valence electrons. The molecule has 0 unspecified atom stereocenters. The van der Waals surface area contributed by atoms with E-state index < -0.39 is 0 Å². The number of hydrazone groups is 1. The number of hydrogen-bond donors (Lipinski definition) is 1. The first-order valence-electron chi connectivity index (χ1n) is 5.12. The van der Waals surface area contributed by atoms with Crippen LogP contribution in [0.4, 0.5) is 0 Å². The maximum absolute atomic E-state index is 5.89. The summed E-state index contributed by atoms with van der Waals surface area (Å²) in [7, 11) is 0. The molecule has 0 aromatic rings. The van der Waals surface area contributed by atoms with E-state index >= 15 is 0 Å². The van der Waals surface area contributed by atoms with Crippen LogP contribution in [0.1, 0.15) is 41.0 Å². The summed E-state index contributed by atoms with van der Waals surface area (Å²) in [5.74, 6) is 0.647. The lowest BCUT2D eigenvalue weighted by Crippen LogP contribution is -2.32. The molecule has 2 N–H and O–H groups in total. The molecule has 0 aliphatic rings. The molecule has 0 aromatic carbocycles. The van der Waals surface area contributed by atoms with Crippen molar-refractivity contribution >= 4 is 5.84 Å². The Hall–Kier alpha value is -0.990. The van der Waals surface area contributed by atoms with E-state index in [4.69, 9.17) is 5.73 Å². The van der Waals surface area contributed by atoms with Gasteiger partial charge in [-0.2, -0.15) is 5.10 Å². The summed E-state index contributed by atoms with van der Waals surface area (Å²) in [6, 6.07) is 0. The largest absolute Gasteiger partial charge is 0.385 e. The lowest BCUT2D eigenvalue weighted by Gasteiger charge is -2.24. The zero-order chi connectivity index (χ0) is 11.4. The van der Waals surface area contributed by atoms with Crippen LogP contribution >= 0.6 is 0 Å². The highest BCUT2D eigenvalue weighted by Crippen LogP contribution is 2.15. The van der Waals surface area contributed by atoms with Crippen LogP contribution in [0, 0.1) is 5.41 Å². The summed E-state index contributed by atoms with van der Waals surface area (Å²) >= 11 is 0. The highest BCUT2D eigenvalue weighted by atomic mass is 15.5. The highest BCUT2D eigenvalue weighted by molar-refractivity contribution is 5.85. The lowest BCUT2D eigenvalue weighted by molar-refractivity contribution is 0.366. The minimum Gasteiger partial charge on any atom is -0.385 e. The molecule has 0 aromatic heterocycles. The molecule has 0 aliphatic heterocycles. The molecule has 0 radical (unpaired) electrons. The molecule has 0 spiro atoms. The third-order valence-corrected chi connectivity index (χ3v) is 2.07. The molecule has 0 rings (SSSR count). The zero-order valence-corrected chi connectivity index (χ0v) is 10.1. The summed E-state index contributed by atoms with van der Waals surface area (Å²) in [5.41, 5.74) is 6.80. The van der Waals surface area contributed by atoms with Crippen molar-refractivity contribution in [3.8, 4) is 0 Å². The smallest absolute Gasteiger partial charge is 0.125 e. The normalized spacial score (nSPS) is 12.8. The maximum atomic E-state index is 5.89. The molecule has 0 aliphatic carbocycles. The quantitative estimate of drug-likeness (QED) is 0.427. The van der Waals surface area contributed by atoms with Gasteiger partial charge in [0.05, 0.1) is 0 Å². The Morgan fingerprint density at radius 3 is 2.14 bits per heavy atom. The SMILES string of the molecule is C=C(CC)N(CC)/N=C(\N)C(C)(C)C. The molecule has 0 fully saturated rings. The van der Waals surface area contributed by atoms with Gasteiger partial charge in [-0.1, -0.05) is 34.3 Å². The second-order valence-electron chi connectivity index (χ2n) is 4.37. The first kappa shape index (κ1) is 13.0. The van der Waals surface area contributed by atoms with E-state index in [1.54, 1.807) is 0 Å². The minimum atomic E-state index is -0.0819. The lowest BCUT2D eigenvalue weighted by atomic mass is 9.96. The molecule has 0 heterocycles. The van der Waals surface area contributed by atoms with Gasteiger partial charge in [0.15, 0.2) is 0 Å². The van der Waals surface area contributed by atoms with E-state index in [0.29, 0.717) is 5.84 Å². The van der Waals surface area contributed by atoms with Crippen molar-refractivity contribution in [2.75, 3.05) is 6.54 Å². The molecule has 0 amide bonds. The highest BCUT2D eigenvalue weighted by Gasteiger charge is 2.17. The Morgan fingerprint density at radius 1 is 1.36 bits per heavy atom. The first-order chi connectivity index (χ1) is 6.32. The predicted molar refractivity (Wildman–Crippen MR) is 62.9 cm³/mol. The van der Waals surface area contributed by atoms with Gasteiger partial charge >= 0.3 is 0 Å². The van der Waals surface area contributed by atoms with Crippen LogP contribution in [0.15, 0.2) is 17.4 Å². The van der Waals surface area contributed by atoms with Gasteiger partial charge < -0.3 is 5.73 Å². The molecule has 0 saturated heterocycles. The standard InChI is InChI=1S/C11H23N3/c1-7-9(3)14(8-2)13-10(12)11(4,5)6/h3,7-8H2,1-2,4-6H3,(H2,12,13). The van der Waals surface area contributed by atoms with E-state index in [0.717, 1.165) is 18.7 Å². The van der Waals surface area contributed by atoms with Crippen LogP contribution in [-0.4, -0.2) is 17.4 Å². The number of rotatable bonds is 4. The average Bonchev–Trinajstić information content (AvgIpc) is 2.10. The van der Waals surface area contributed by atoms with Crippen molar-refractivity contribution in [1.29, 1.82) is 0 Å². The molecular formula is C11H23N3. The van der Waals surface area contributed by atoms with Crippen molar-refractivity contribution in [2.24, 2.45) is 16.3 Å². The summed E-state index contributed by atoms with van der Waals surface area (Å²) in [6.45, 7) is 15.0. The predicted octanol–water partition coefficient (Wildman–Crippen LogP) is 2.55. The van der Waals surface area contributed by atoms with Crippen molar-refractivity contribution in [3.05, 3.63) is 12.3 Å². The monoisotopic (exact) mass is 197 g/mol. The molecule has 3 heteroatoms. The number of amidine groups is 1. The van der Waals surface area contributed by atoms with E-state index in [1.807, 2.05) is 32.7 Å². The van der Waals surface area contributed by atoms with Gasteiger partial charge in [0.1, 0.15) is 5.84 Å². The Balaban J connectivity index is 4.67. The molecule has 0 bridgehead atoms. The fraction of sp³-hybridized carbons (Fsp3) is 0.727. The van der Waals surface area contributed by atoms with Gasteiger partial charge in [0, 0.05) is 17.7 Å². The van der Waals surface area contributed by atoms with Gasteiger partial charge in [-0.15, -0.1) is 0 Å². The Bertz CT molecular complexity index is 223. The number of allylic oxidation sites excluding steroid dienone is 1. The molecule has 14 heavy (non-hydrogen) atoms. The molecule has 0 atom stereocenters. The number of hydrogen-bond acceptors (Lipinski definition) is 2. The van der Waals surface area contributed by atoms with Crippen LogP contribution in [0.2, 0.25) is 0 Å². The van der Waals surface area contributed by atoms with Crippen molar-refractivity contribution in [2.45, 2.75) is 41.0 Å². The Morgan fingerprint density at radius 2 is 1.86 bits per heavy atom. The van der Waals surface area contributed by atoms with Crippen LogP contribution < -0.4 is 5.73 Å². The van der Waals surface area contributed by atoms with Crippen molar-refractivity contribution in [3.63, 3.8) is 0 Å². The number of nitrogens with two attached hydrogens (primary N) is 1. The Labute approximate surface area is 87.7 Å². The number of nitrogens with zero attached hydrogens (tertiary/aromatic N) is 2. The zero-order valence-electron chi connectivity index (χ0n) is 10.1. The van der Waals surface area contributed by atoms with Crippen LogP contribution in [0.3, 0.4) is 0 Å². The summed E-state index contributed by atoms with van der Waals surface area (Å²) < 4.78 is 0. The summed E-state index contributed by atoms with van der Waals surface area (Å²) in [5, 5.41) is 6.23. The maximum Gasteiger partial charge on any atom is 0.125 e. The van der Waals surface area contributed by atoms with Gasteiger partial charge in [0.25, 0.3) is 0 Å². The van der Waals surface area contributed by atoms with Crippen LogP contribution in [-0.2, 0) is 0 Å². The Kier molecular flexibility index (Phi) is 4.68. The van der Waals surface area contributed by atoms with Crippen LogP contribution in [0.5, 0.6) is 0 Å². The second kappa shape index (κ2) is 5.03. The first-order valence-corrected chi connectivity index (χ1v) is 5.12. The van der Waals surface area contributed by atoms with Gasteiger partial charge in [-0.25, -0.2) is 0 Å². The van der Waals surface area contributed by atoms with E-state index in [-0.39, 0.29) is 5.41 Å². The average molecular weight is 197 g/mol. The van der Waals surface area contributed by atoms with E-state index in [1.165, 1.54) is 0 Å². The fourth-order valence-corrected chi connectivity index (χ4v) is 0.828. The molecule has 0 saturated carbocycles.